The van der Waals surface area contributed by atoms with Gasteiger partial charge in [0.1, 0.15) is 40.8 Å². The first-order valence-corrected chi connectivity index (χ1v) is 13.2. The zero-order chi connectivity index (χ0) is 30.5. The van der Waals surface area contributed by atoms with Gasteiger partial charge in [-0.2, -0.15) is 0 Å². The van der Waals surface area contributed by atoms with Crippen molar-refractivity contribution < 1.29 is 46.8 Å². The Hall–Kier alpha value is -4.67. The number of amides is 1. The number of anilines is 3. The predicted octanol–water partition coefficient (Wildman–Crippen LogP) is 1.83. The third-order valence-corrected chi connectivity index (χ3v) is 7.68. The quantitative estimate of drug-likeness (QED) is 0.292. The van der Waals surface area contributed by atoms with E-state index >= 15 is 8.78 Å². The van der Waals surface area contributed by atoms with E-state index in [1.165, 1.54) is 39.5 Å². The Kier molecular flexibility index (Phi) is 11.3. The average Bonchev–Trinajstić information content (AvgIpc) is 3.34. The van der Waals surface area contributed by atoms with Crippen LogP contribution in [-0.2, 0) is 16.1 Å². The number of halogens is 5. The molecule has 5 rings (SSSR count). The maximum absolute atomic E-state index is 15.8. The molecule has 0 bridgehead atoms. The molecule has 1 aromatic heterocycles. The molecule has 0 spiro atoms. The Morgan fingerprint density at radius 1 is 1.04 bits per heavy atom. The number of carboxylic acid groups (broad SMARTS) is 1. The van der Waals surface area contributed by atoms with Crippen LogP contribution < -0.4 is 25.9 Å². The van der Waals surface area contributed by atoms with E-state index in [1.54, 1.807) is 11.8 Å². The van der Waals surface area contributed by atoms with Crippen LogP contribution in [0.1, 0.15) is 24.2 Å². The summed E-state index contributed by atoms with van der Waals surface area (Å²) in [5.41, 5.74) is 4.19. The fourth-order valence-electron chi connectivity index (χ4n) is 5.39. The third kappa shape index (κ3) is 6.43. The molecule has 2 saturated heterocycles. The first-order chi connectivity index (χ1) is 19.9. The number of hydrogen-bond acceptors (Lipinski definition) is 8. The minimum atomic E-state index is -1.50. The molecule has 2 aliphatic heterocycles. The number of hydrogen-bond donors (Lipinski definition) is 2. The Bertz CT molecular complexity index is 1680. The number of nitrogens with two attached hydrogens (primary N) is 1. The number of carbonyl (C=O) groups excluding carboxylic acids is 2. The molecule has 2 aromatic carbocycles. The van der Waals surface area contributed by atoms with E-state index in [4.69, 9.17) is 10.5 Å². The topological polar surface area (TPSA) is 138 Å². The molecule has 2 atom stereocenters. The van der Waals surface area contributed by atoms with E-state index in [-0.39, 0.29) is 85.2 Å². The van der Waals surface area contributed by atoms with Crippen LogP contribution in [0.4, 0.5) is 44.4 Å². The maximum atomic E-state index is 15.8. The van der Waals surface area contributed by atoms with Crippen molar-refractivity contribution in [1.82, 2.24) is 4.57 Å². The first kappa shape index (κ1) is 36.5. The minimum absolute atomic E-state index is 0. The van der Waals surface area contributed by atoms with Crippen molar-refractivity contribution in [2.45, 2.75) is 32.5 Å². The molecule has 2 aliphatic rings. The molecule has 17 heteroatoms. The van der Waals surface area contributed by atoms with E-state index in [0.717, 1.165) is 12.3 Å². The van der Waals surface area contributed by atoms with Crippen molar-refractivity contribution in [3.05, 3.63) is 63.7 Å². The van der Waals surface area contributed by atoms with Crippen LogP contribution in [0.5, 0.6) is 0 Å². The molecule has 11 nitrogen and oxygen atoms in total. The Morgan fingerprint density at radius 3 is 2.24 bits per heavy atom. The summed E-state index contributed by atoms with van der Waals surface area (Å²) in [6.45, 7) is 3.59. The van der Waals surface area contributed by atoms with Crippen molar-refractivity contribution in [3.63, 3.8) is 0 Å². The van der Waals surface area contributed by atoms with Crippen LogP contribution in [0.15, 0.2) is 35.3 Å². The summed E-state index contributed by atoms with van der Waals surface area (Å²) in [5, 5.41) is 8.97. The second-order valence-electron chi connectivity index (χ2n) is 10.2. The van der Waals surface area contributed by atoms with Gasteiger partial charge in [-0.25, -0.2) is 22.8 Å². The van der Waals surface area contributed by atoms with Crippen molar-refractivity contribution in [1.29, 1.82) is 0 Å². The molecule has 0 radical (unpaired) electrons. The van der Waals surface area contributed by atoms with Gasteiger partial charge < -0.3 is 29.9 Å². The zero-order valence-corrected chi connectivity index (χ0v) is 23.6. The maximum Gasteiger partial charge on any atom is 0.414 e. The number of ether oxygens (including phenoxy) is 1. The SMILES string of the molecule is B.CCn1cc(C(=O)O)c(=O)c2cc(F)c(N3CCN(c4cc(N5CC([C@H](N)C(C)=O)OC5=O)ccc4F)CC3)c(F)c21.F.F. The highest BCUT2D eigenvalue weighted by molar-refractivity contribution is 5.94. The van der Waals surface area contributed by atoms with E-state index < -0.39 is 52.7 Å². The molecule has 3 N–H and O–H groups in total. The van der Waals surface area contributed by atoms with E-state index in [0.29, 0.717) is 5.69 Å². The summed E-state index contributed by atoms with van der Waals surface area (Å²) < 4.78 is 52.5. The lowest BCUT2D eigenvalue weighted by molar-refractivity contribution is -0.120. The lowest BCUT2D eigenvalue weighted by Crippen LogP contribution is -2.47. The normalized spacial score (nSPS) is 16.8. The molecule has 2 fully saturated rings. The number of piperazine rings is 1. The smallest absolute Gasteiger partial charge is 0.414 e. The molecule has 45 heavy (non-hydrogen) atoms. The van der Waals surface area contributed by atoms with Gasteiger partial charge in [-0.05, 0) is 38.1 Å². The second kappa shape index (κ2) is 14.0. The van der Waals surface area contributed by atoms with Gasteiger partial charge in [0, 0.05) is 44.6 Å². The van der Waals surface area contributed by atoms with Gasteiger partial charge in [0.25, 0.3) is 0 Å². The Morgan fingerprint density at radius 2 is 1.67 bits per heavy atom. The lowest BCUT2D eigenvalue weighted by Gasteiger charge is -2.38. The number of carbonyl (C=O) groups is 3. The van der Waals surface area contributed by atoms with Gasteiger partial charge in [-0.3, -0.25) is 23.9 Å². The van der Waals surface area contributed by atoms with E-state index in [2.05, 4.69) is 0 Å². The molecular formula is C28H33BF5N5O6. The van der Waals surface area contributed by atoms with Crippen molar-refractivity contribution in [2.24, 2.45) is 5.73 Å². The van der Waals surface area contributed by atoms with Gasteiger partial charge in [0.2, 0.25) is 5.43 Å². The molecule has 244 valence electrons. The molecular weight excluding hydrogens is 608 g/mol. The van der Waals surface area contributed by atoms with Crippen molar-refractivity contribution in [3.8, 4) is 0 Å². The van der Waals surface area contributed by atoms with Crippen LogP contribution in [0.25, 0.3) is 10.9 Å². The first-order valence-electron chi connectivity index (χ1n) is 13.2. The highest BCUT2D eigenvalue weighted by Gasteiger charge is 2.38. The lowest BCUT2D eigenvalue weighted by atomic mass is 10.1. The molecule has 1 unspecified atom stereocenters. The number of pyridine rings is 1. The van der Waals surface area contributed by atoms with Gasteiger partial charge in [0.05, 0.1) is 31.5 Å². The van der Waals surface area contributed by atoms with Gasteiger partial charge in [-0.15, -0.1) is 0 Å². The number of Topliss-reactive ketones (excluding diaryl/α,β-unsaturated/α-hetero) is 1. The van der Waals surface area contributed by atoms with E-state index in [9.17, 15) is 28.7 Å². The molecule has 3 heterocycles. The summed E-state index contributed by atoms with van der Waals surface area (Å²) in [6.07, 6.45) is -0.529. The fourth-order valence-corrected chi connectivity index (χ4v) is 5.39. The highest BCUT2D eigenvalue weighted by atomic mass is 19.1. The highest BCUT2D eigenvalue weighted by Crippen LogP contribution is 2.33. The number of nitrogens with zero attached hydrogens (tertiary/aromatic N) is 4. The van der Waals surface area contributed by atoms with Gasteiger partial charge >= 0.3 is 12.1 Å². The summed E-state index contributed by atoms with van der Waals surface area (Å²) in [4.78, 5) is 52.6. The van der Waals surface area contributed by atoms with Crippen LogP contribution in [-0.4, -0.2) is 80.8 Å². The molecule has 0 aliphatic carbocycles. The zero-order valence-electron chi connectivity index (χ0n) is 23.6. The Balaban J connectivity index is 0.00000235. The van der Waals surface area contributed by atoms with Gasteiger partial charge in [-0.1, -0.05) is 0 Å². The number of aromatic nitrogens is 1. The number of aryl methyl sites for hydroxylation is 1. The number of ketones is 1. The van der Waals surface area contributed by atoms with Gasteiger partial charge in [0.15, 0.2) is 5.82 Å². The number of benzene rings is 2. The van der Waals surface area contributed by atoms with Crippen LogP contribution >= 0.6 is 0 Å². The van der Waals surface area contributed by atoms with Crippen LogP contribution in [0, 0.1) is 17.5 Å². The second-order valence-corrected chi connectivity index (χ2v) is 10.2. The monoisotopic (exact) mass is 641 g/mol. The van der Waals surface area contributed by atoms with Crippen molar-refractivity contribution in [2.75, 3.05) is 47.4 Å². The number of rotatable bonds is 7. The summed E-state index contributed by atoms with van der Waals surface area (Å²) >= 11 is 0. The number of carboxylic acids is 1. The van der Waals surface area contributed by atoms with Crippen LogP contribution in [0.2, 0.25) is 0 Å². The molecule has 1 amide bonds. The number of aromatic carboxylic acids is 1. The third-order valence-electron chi connectivity index (χ3n) is 7.68. The number of fused-ring (bicyclic) bond motifs is 1. The van der Waals surface area contributed by atoms with E-state index in [1.807, 2.05) is 0 Å². The summed E-state index contributed by atoms with van der Waals surface area (Å²) in [6, 6.07) is 3.92. The van der Waals surface area contributed by atoms with Crippen LogP contribution in [0.3, 0.4) is 0 Å². The average molecular weight is 641 g/mol. The summed E-state index contributed by atoms with van der Waals surface area (Å²) in [5.74, 6) is -4.42. The molecule has 0 saturated carbocycles. The minimum Gasteiger partial charge on any atom is -0.477 e. The fraction of sp³-hybridized carbons (Fsp3) is 0.357. The standard InChI is InChI=1S/C28H28F3N5O6.BH3.2FH/c1-3-33-12-17(27(39)40)26(38)16-11-19(30)25(22(31)24(16)33)35-8-6-34(7-9-35)20-10-15(4-5-18(20)29)36-13-21(42-28(36)41)23(32)14(2)37;;;/h4-5,10-12,21,23H,3,6-9,13,32H2,1-2H3,(H,39,40);1H3;2*1H/t21?,23-;;;/m1.../s1. The molecule has 3 aromatic rings. The largest absolute Gasteiger partial charge is 0.477 e. The Labute approximate surface area is 255 Å². The summed E-state index contributed by atoms with van der Waals surface area (Å²) in [7, 11) is 0. The number of cyclic esters (lactones) is 1. The van der Waals surface area contributed by atoms with Crippen molar-refractivity contribution >= 4 is 54.2 Å². The predicted molar refractivity (Wildman–Crippen MR) is 163 cm³/mol.